The van der Waals surface area contributed by atoms with Crippen molar-refractivity contribution in [1.82, 2.24) is 9.03 Å². The van der Waals surface area contributed by atoms with Crippen LogP contribution in [0.15, 0.2) is 18.2 Å². The molecule has 0 radical (unpaired) electrons. The predicted octanol–water partition coefficient (Wildman–Crippen LogP) is 1.89. The number of benzene rings is 1. The van der Waals surface area contributed by atoms with Crippen LogP contribution in [0.2, 0.25) is 0 Å². The molecule has 1 N–H and O–H groups in total. The van der Waals surface area contributed by atoms with Gasteiger partial charge in [-0.15, -0.1) is 0 Å². The minimum atomic E-state index is -4.07. The van der Waals surface area contributed by atoms with E-state index in [1.54, 1.807) is 6.92 Å². The summed E-state index contributed by atoms with van der Waals surface area (Å²) in [6.07, 6.45) is 2.30. The van der Waals surface area contributed by atoms with Crippen LogP contribution >= 0.6 is 0 Å². The van der Waals surface area contributed by atoms with E-state index in [1.807, 2.05) is 0 Å². The van der Waals surface area contributed by atoms with Crippen molar-refractivity contribution in [2.45, 2.75) is 38.3 Å². The van der Waals surface area contributed by atoms with Gasteiger partial charge in [0.15, 0.2) is 0 Å². The largest absolute Gasteiger partial charge is 0.468 e. The molecule has 24 heavy (non-hydrogen) atoms. The summed E-state index contributed by atoms with van der Waals surface area (Å²) in [5, 5.41) is 0. The molecule has 0 bridgehead atoms. The zero-order chi connectivity index (χ0) is 17.9. The molecule has 9 heteroatoms. The Balaban J connectivity index is 2.35. The van der Waals surface area contributed by atoms with Crippen LogP contribution in [0.3, 0.4) is 0 Å². The highest BCUT2D eigenvalue weighted by Gasteiger charge is 2.35. The number of carbonyl (C=O) groups excluding carboxylic acids is 1. The van der Waals surface area contributed by atoms with Crippen molar-refractivity contribution in [3.8, 4) is 0 Å². The summed E-state index contributed by atoms with van der Waals surface area (Å²) in [7, 11) is -3.03. The molecule has 6 nitrogen and oxygen atoms in total. The van der Waals surface area contributed by atoms with Crippen LogP contribution in [0.25, 0.3) is 0 Å². The monoisotopic (exact) mass is 362 g/mol. The molecule has 0 spiro atoms. The van der Waals surface area contributed by atoms with Crippen molar-refractivity contribution in [3.05, 3.63) is 35.4 Å². The van der Waals surface area contributed by atoms with Crippen LogP contribution in [-0.4, -0.2) is 38.4 Å². The van der Waals surface area contributed by atoms with Crippen molar-refractivity contribution in [2.24, 2.45) is 0 Å². The molecule has 0 saturated carbocycles. The van der Waals surface area contributed by atoms with Gasteiger partial charge in [-0.3, -0.25) is 0 Å². The number of hydrogen-bond donors (Lipinski definition) is 1. The first-order valence-corrected chi connectivity index (χ1v) is 9.02. The molecule has 2 rings (SSSR count). The smallest absolute Gasteiger partial charge is 0.328 e. The van der Waals surface area contributed by atoms with Gasteiger partial charge in [-0.05, 0) is 38.0 Å². The third-order valence-electron chi connectivity index (χ3n) is 4.02. The Kier molecular flexibility index (Phi) is 5.89. The summed E-state index contributed by atoms with van der Waals surface area (Å²) >= 11 is 0. The number of nitrogens with one attached hydrogen (secondary N) is 1. The lowest BCUT2D eigenvalue weighted by Crippen LogP contribution is -2.50. The highest BCUT2D eigenvalue weighted by Crippen LogP contribution is 2.24. The van der Waals surface area contributed by atoms with E-state index in [-0.39, 0.29) is 6.04 Å². The molecule has 1 aromatic rings. The molecule has 2 atom stereocenters. The average Bonchev–Trinajstić information content (AvgIpc) is 2.54. The van der Waals surface area contributed by atoms with Crippen LogP contribution in [0.4, 0.5) is 8.78 Å². The van der Waals surface area contributed by atoms with E-state index >= 15 is 0 Å². The van der Waals surface area contributed by atoms with E-state index in [4.69, 9.17) is 0 Å². The van der Waals surface area contributed by atoms with E-state index in [1.165, 1.54) is 4.31 Å². The standard InChI is InChI=1S/C15H20F2N2O4S/c1-10-5-3-4-8-19(10)24(21,22)18-14(15(20)23-2)12-9-11(16)6-7-13(12)17/h6-7,9-10,14,18H,3-5,8H2,1-2H3. The van der Waals surface area contributed by atoms with Crippen LogP contribution in [0, 0.1) is 11.6 Å². The molecule has 0 aliphatic carbocycles. The lowest BCUT2D eigenvalue weighted by molar-refractivity contribution is -0.142. The second-order valence-electron chi connectivity index (χ2n) is 5.70. The van der Waals surface area contributed by atoms with Gasteiger partial charge in [0, 0.05) is 18.2 Å². The zero-order valence-corrected chi connectivity index (χ0v) is 14.3. The molecular weight excluding hydrogens is 342 g/mol. The fraction of sp³-hybridized carbons (Fsp3) is 0.533. The number of carbonyl (C=O) groups is 1. The Bertz CT molecular complexity index is 711. The number of hydrogen-bond acceptors (Lipinski definition) is 4. The van der Waals surface area contributed by atoms with Crippen molar-refractivity contribution in [3.63, 3.8) is 0 Å². The summed E-state index contributed by atoms with van der Waals surface area (Å²) in [4.78, 5) is 12.0. The lowest BCUT2D eigenvalue weighted by Gasteiger charge is -2.33. The van der Waals surface area contributed by atoms with Crippen LogP contribution < -0.4 is 4.72 Å². The van der Waals surface area contributed by atoms with Gasteiger partial charge in [0.2, 0.25) is 0 Å². The normalized spacial score (nSPS) is 20.6. The van der Waals surface area contributed by atoms with Gasteiger partial charge in [0.05, 0.1) is 7.11 Å². The number of nitrogens with zero attached hydrogens (tertiary/aromatic N) is 1. The van der Waals surface area contributed by atoms with E-state index in [9.17, 15) is 22.0 Å². The lowest BCUT2D eigenvalue weighted by atomic mass is 10.1. The highest BCUT2D eigenvalue weighted by atomic mass is 32.2. The highest BCUT2D eigenvalue weighted by molar-refractivity contribution is 7.87. The molecule has 1 fully saturated rings. The summed E-state index contributed by atoms with van der Waals surface area (Å²) < 4.78 is 60.5. The summed E-state index contributed by atoms with van der Waals surface area (Å²) in [5.41, 5.74) is -0.421. The second kappa shape index (κ2) is 7.54. The molecule has 1 saturated heterocycles. The number of methoxy groups -OCH3 is 1. The molecule has 2 unspecified atom stereocenters. The van der Waals surface area contributed by atoms with Crippen LogP contribution in [0.1, 0.15) is 37.8 Å². The first kappa shape index (κ1) is 18.8. The van der Waals surface area contributed by atoms with Crippen molar-refractivity contribution < 1.29 is 26.7 Å². The van der Waals surface area contributed by atoms with Gasteiger partial charge in [-0.25, -0.2) is 13.6 Å². The van der Waals surface area contributed by atoms with Crippen molar-refractivity contribution in [2.75, 3.05) is 13.7 Å². The predicted molar refractivity (Wildman–Crippen MR) is 83.2 cm³/mol. The van der Waals surface area contributed by atoms with Crippen molar-refractivity contribution >= 4 is 16.2 Å². The van der Waals surface area contributed by atoms with E-state index in [0.29, 0.717) is 19.4 Å². The number of halogens is 2. The fourth-order valence-corrected chi connectivity index (χ4v) is 4.34. The number of ether oxygens (including phenoxy) is 1. The molecule has 0 amide bonds. The van der Waals surface area contributed by atoms with Gasteiger partial charge in [0.1, 0.15) is 17.7 Å². The Morgan fingerprint density at radius 1 is 1.38 bits per heavy atom. The Morgan fingerprint density at radius 2 is 2.08 bits per heavy atom. The van der Waals surface area contributed by atoms with Gasteiger partial charge >= 0.3 is 5.97 Å². The van der Waals surface area contributed by atoms with Gasteiger partial charge < -0.3 is 4.74 Å². The minimum Gasteiger partial charge on any atom is -0.468 e. The van der Waals surface area contributed by atoms with Gasteiger partial charge in [0.25, 0.3) is 10.2 Å². The van der Waals surface area contributed by atoms with Crippen LogP contribution in [-0.2, 0) is 19.7 Å². The molecule has 134 valence electrons. The Hall–Kier alpha value is -1.58. The van der Waals surface area contributed by atoms with Gasteiger partial charge in [-0.2, -0.15) is 17.4 Å². The molecule has 1 aliphatic heterocycles. The molecule has 1 heterocycles. The summed E-state index contributed by atoms with van der Waals surface area (Å²) in [6, 6.07) is 0.586. The summed E-state index contributed by atoms with van der Waals surface area (Å²) in [6.45, 7) is 2.06. The van der Waals surface area contributed by atoms with E-state index in [2.05, 4.69) is 9.46 Å². The average molecular weight is 362 g/mol. The number of rotatable bonds is 5. The SMILES string of the molecule is COC(=O)C(NS(=O)(=O)N1CCCCC1C)c1cc(F)ccc1F. The van der Waals surface area contributed by atoms with Crippen LogP contribution in [0.5, 0.6) is 0 Å². The first-order valence-electron chi connectivity index (χ1n) is 7.58. The topological polar surface area (TPSA) is 75.7 Å². The zero-order valence-electron chi connectivity index (χ0n) is 13.5. The maximum Gasteiger partial charge on any atom is 0.328 e. The maximum atomic E-state index is 14.0. The van der Waals surface area contributed by atoms with E-state index in [0.717, 1.165) is 31.7 Å². The molecule has 0 aromatic heterocycles. The summed E-state index contributed by atoms with van der Waals surface area (Å²) in [5.74, 6) is -2.71. The number of piperidine rings is 1. The van der Waals surface area contributed by atoms with Gasteiger partial charge in [-0.1, -0.05) is 6.42 Å². The quantitative estimate of drug-likeness (QED) is 0.812. The molecule has 1 aliphatic rings. The third kappa shape index (κ3) is 4.08. The Labute approximate surface area is 140 Å². The third-order valence-corrected chi connectivity index (χ3v) is 5.72. The molecular formula is C15H20F2N2O4S. The van der Waals surface area contributed by atoms with E-state index < -0.39 is 39.4 Å². The first-order chi connectivity index (χ1) is 11.3. The number of esters is 1. The molecule has 1 aromatic carbocycles. The maximum absolute atomic E-state index is 14.0. The fourth-order valence-electron chi connectivity index (χ4n) is 2.74. The Morgan fingerprint density at radius 3 is 2.71 bits per heavy atom. The van der Waals surface area contributed by atoms with Crippen molar-refractivity contribution in [1.29, 1.82) is 0 Å². The minimum absolute atomic E-state index is 0.244. The second-order valence-corrected chi connectivity index (χ2v) is 7.36.